The lowest BCUT2D eigenvalue weighted by Crippen LogP contribution is -2.23. The Morgan fingerprint density at radius 3 is 3.00 bits per heavy atom. The maximum Gasteiger partial charge on any atom is 0.240 e. The van der Waals surface area contributed by atoms with Crippen LogP contribution in [0.2, 0.25) is 0 Å². The third kappa shape index (κ3) is 2.63. The third-order valence-electron chi connectivity index (χ3n) is 3.17. The van der Waals surface area contributed by atoms with Crippen molar-refractivity contribution in [3.8, 4) is 0 Å². The summed E-state index contributed by atoms with van der Waals surface area (Å²) in [5, 5.41) is 10.7. The second kappa shape index (κ2) is 5.18. The van der Waals surface area contributed by atoms with Crippen LogP contribution < -0.4 is 10.0 Å². The molecular formula is C13H14N4O2S. The molecule has 0 atom stereocenters. The molecule has 0 saturated carbocycles. The number of sulfonamides is 1. The summed E-state index contributed by atoms with van der Waals surface area (Å²) in [6.07, 6.45) is 2.48. The molecule has 1 aliphatic heterocycles. The van der Waals surface area contributed by atoms with E-state index in [1.807, 2.05) is 6.07 Å². The molecular weight excluding hydrogens is 276 g/mol. The van der Waals surface area contributed by atoms with Crippen molar-refractivity contribution in [2.24, 2.45) is 0 Å². The van der Waals surface area contributed by atoms with Gasteiger partial charge < -0.3 is 5.32 Å². The van der Waals surface area contributed by atoms with Crippen LogP contribution in [0.3, 0.4) is 0 Å². The van der Waals surface area contributed by atoms with Crippen molar-refractivity contribution in [2.45, 2.75) is 17.9 Å². The lowest BCUT2D eigenvalue weighted by atomic mass is 10.2. The molecule has 3 rings (SSSR count). The molecule has 2 aromatic rings. The molecule has 104 valence electrons. The zero-order chi connectivity index (χ0) is 14.0. The van der Waals surface area contributed by atoms with Gasteiger partial charge in [-0.3, -0.25) is 0 Å². The molecule has 0 aliphatic carbocycles. The van der Waals surface area contributed by atoms with E-state index >= 15 is 0 Å². The van der Waals surface area contributed by atoms with E-state index < -0.39 is 10.0 Å². The first-order valence-electron chi connectivity index (χ1n) is 6.28. The number of anilines is 1. The van der Waals surface area contributed by atoms with Crippen molar-refractivity contribution < 1.29 is 8.42 Å². The minimum atomic E-state index is -3.54. The average Bonchev–Trinajstić information content (AvgIpc) is 2.94. The summed E-state index contributed by atoms with van der Waals surface area (Å²) in [7, 11) is -3.54. The second-order valence-electron chi connectivity index (χ2n) is 4.54. The van der Waals surface area contributed by atoms with Gasteiger partial charge in [0.25, 0.3) is 0 Å². The Kier molecular flexibility index (Phi) is 3.37. The van der Waals surface area contributed by atoms with Crippen LogP contribution in [0.15, 0.2) is 41.4 Å². The number of hydrogen-bond donors (Lipinski definition) is 2. The summed E-state index contributed by atoms with van der Waals surface area (Å²) >= 11 is 0. The topological polar surface area (TPSA) is 84.0 Å². The maximum atomic E-state index is 12.2. The predicted octanol–water partition coefficient (Wildman–Crippen LogP) is 0.923. The molecule has 2 heterocycles. The van der Waals surface area contributed by atoms with Crippen molar-refractivity contribution >= 4 is 15.7 Å². The van der Waals surface area contributed by atoms with Crippen molar-refractivity contribution in [1.29, 1.82) is 0 Å². The molecule has 0 spiro atoms. The molecule has 0 fully saturated rings. The van der Waals surface area contributed by atoms with E-state index in [4.69, 9.17) is 0 Å². The third-order valence-corrected chi connectivity index (χ3v) is 4.57. The van der Waals surface area contributed by atoms with Gasteiger partial charge in [-0.1, -0.05) is 6.07 Å². The summed E-state index contributed by atoms with van der Waals surface area (Å²) in [5.74, 6) is 0. The maximum absolute atomic E-state index is 12.2. The second-order valence-corrected chi connectivity index (χ2v) is 6.30. The van der Waals surface area contributed by atoms with Gasteiger partial charge in [0.15, 0.2) is 0 Å². The lowest BCUT2D eigenvalue weighted by Gasteiger charge is -2.08. The van der Waals surface area contributed by atoms with E-state index in [-0.39, 0.29) is 11.4 Å². The van der Waals surface area contributed by atoms with Crippen molar-refractivity contribution in [3.63, 3.8) is 0 Å². The van der Waals surface area contributed by atoms with Gasteiger partial charge in [0.1, 0.15) is 0 Å². The van der Waals surface area contributed by atoms with Crippen LogP contribution in [0.25, 0.3) is 0 Å². The highest BCUT2D eigenvalue weighted by Gasteiger charge is 2.18. The largest absolute Gasteiger partial charge is 0.384 e. The van der Waals surface area contributed by atoms with Crippen LogP contribution in [0.1, 0.15) is 11.3 Å². The van der Waals surface area contributed by atoms with E-state index in [0.717, 1.165) is 24.2 Å². The van der Waals surface area contributed by atoms with Gasteiger partial charge >= 0.3 is 0 Å². The lowest BCUT2D eigenvalue weighted by molar-refractivity contribution is 0.580. The SMILES string of the molecule is O=S(=O)(NCc1cccnn1)c1ccc2c(c1)NCC2. The van der Waals surface area contributed by atoms with E-state index in [1.54, 1.807) is 30.5 Å². The van der Waals surface area contributed by atoms with Gasteiger partial charge in [0.05, 0.1) is 17.1 Å². The van der Waals surface area contributed by atoms with Gasteiger partial charge in [-0.15, -0.1) is 0 Å². The number of hydrogen-bond acceptors (Lipinski definition) is 5. The smallest absolute Gasteiger partial charge is 0.240 e. The molecule has 0 radical (unpaired) electrons. The molecule has 0 unspecified atom stereocenters. The van der Waals surface area contributed by atoms with Crippen molar-refractivity contribution in [2.75, 3.05) is 11.9 Å². The Hall–Kier alpha value is -1.99. The zero-order valence-electron chi connectivity index (χ0n) is 10.7. The summed E-state index contributed by atoms with van der Waals surface area (Å²) in [5.41, 5.74) is 2.63. The Bertz CT molecular complexity index is 716. The first-order valence-corrected chi connectivity index (χ1v) is 7.76. The van der Waals surface area contributed by atoms with Crippen LogP contribution in [-0.4, -0.2) is 25.2 Å². The summed E-state index contributed by atoms with van der Waals surface area (Å²) in [4.78, 5) is 0.259. The van der Waals surface area contributed by atoms with Gasteiger partial charge in [0.2, 0.25) is 10.0 Å². The monoisotopic (exact) mass is 290 g/mol. The quantitative estimate of drug-likeness (QED) is 0.875. The molecule has 6 nitrogen and oxygen atoms in total. The van der Waals surface area contributed by atoms with Gasteiger partial charge in [-0.25, -0.2) is 13.1 Å². The summed E-state index contributed by atoms with van der Waals surface area (Å²) in [6, 6.07) is 8.59. The highest BCUT2D eigenvalue weighted by atomic mass is 32.2. The molecule has 7 heteroatoms. The highest BCUT2D eigenvalue weighted by molar-refractivity contribution is 7.89. The summed E-state index contributed by atoms with van der Waals surface area (Å²) < 4.78 is 27.0. The molecule has 1 aromatic heterocycles. The van der Waals surface area contributed by atoms with Crippen LogP contribution in [-0.2, 0) is 23.0 Å². The average molecular weight is 290 g/mol. The van der Waals surface area contributed by atoms with Gasteiger partial charge in [-0.05, 0) is 36.2 Å². The standard InChI is InChI=1S/C13H14N4O2S/c18-20(19,16-9-11-2-1-6-15-17-11)12-4-3-10-5-7-14-13(10)8-12/h1-4,6,8,14,16H,5,7,9H2. The van der Waals surface area contributed by atoms with Gasteiger partial charge in [0, 0.05) is 18.4 Å². The normalized spacial score (nSPS) is 13.8. The fraction of sp³-hybridized carbons (Fsp3) is 0.231. The molecule has 20 heavy (non-hydrogen) atoms. The van der Waals surface area contributed by atoms with Crippen molar-refractivity contribution in [3.05, 3.63) is 47.8 Å². The molecule has 1 aliphatic rings. The van der Waals surface area contributed by atoms with Crippen LogP contribution in [0.5, 0.6) is 0 Å². The van der Waals surface area contributed by atoms with Crippen LogP contribution >= 0.6 is 0 Å². The highest BCUT2D eigenvalue weighted by Crippen LogP contribution is 2.25. The number of rotatable bonds is 4. The molecule has 0 saturated heterocycles. The number of fused-ring (bicyclic) bond motifs is 1. The molecule has 1 aromatic carbocycles. The Morgan fingerprint density at radius 2 is 2.20 bits per heavy atom. The van der Waals surface area contributed by atoms with E-state index in [9.17, 15) is 8.42 Å². The van der Waals surface area contributed by atoms with Crippen molar-refractivity contribution in [1.82, 2.24) is 14.9 Å². The minimum Gasteiger partial charge on any atom is -0.384 e. The zero-order valence-corrected chi connectivity index (χ0v) is 11.5. The Labute approximate surface area is 117 Å². The molecule has 2 N–H and O–H groups in total. The van der Waals surface area contributed by atoms with E-state index in [0.29, 0.717) is 5.69 Å². The predicted molar refractivity (Wildman–Crippen MR) is 74.7 cm³/mol. The van der Waals surface area contributed by atoms with Gasteiger partial charge in [-0.2, -0.15) is 10.2 Å². The fourth-order valence-electron chi connectivity index (χ4n) is 2.12. The minimum absolute atomic E-state index is 0.126. The fourth-order valence-corrected chi connectivity index (χ4v) is 3.14. The van der Waals surface area contributed by atoms with E-state index in [1.165, 1.54) is 0 Å². The van der Waals surface area contributed by atoms with Crippen LogP contribution in [0, 0.1) is 0 Å². The Morgan fingerprint density at radius 1 is 1.30 bits per heavy atom. The number of nitrogens with zero attached hydrogens (tertiary/aromatic N) is 2. The number of benzene rings is 1. The number of aromatic nitrogens is 2. The van der Waals surface area contributed by atoms with E-state index in [2.05, 4.69) is 20.2 Å². The molecule has 0 bridgehead atoms. The molecule has 0 amide bonds. The number of nitrogens with one attached hydrogen (secondary N) is 2. The van der Waals surface area contributed by atoms with Crippen LogP contribution in [0.4, 0.5) is 5.69 Å². The first kappa shape index (κ1) is 13.0. The Balaban J connectivity index is 1.78. The first-order chi connectivity index (χ1) is 9.65. The summed E-state index contributed by atoms with van der Waals surface area (Å²) in [6.45, 7) is 0.979.